The maximum atomic E-state index is 11.2. The summed E-state index contributed by atoms with van der Waals surface area (Å²) < 4.78 is 1.69. The summed E-state index contributed by atoms with van der Waals surface area (Å²) in [5.41, 5.74) is 0.522. The van der Waals surface area contributed by atoms with Crippen molar-refractivity contribution < 1.29 is 9.59 Å². The van der Waals surface area contributed by atoms with Crippen LogP contribution in [0.1, 0.15) is 19.9 Å². The number of alkyl halides is 1. The molecule has 0 aliphatic heterocycles. The van der Waals surface area contributed by atoms with Gasteiger partial charge in [-0.3, -0.25) is 14.8 Å². The van der Waals surface area contributed by atoms with Crippen molar-refractivity contribution in [2.75, 3.05) is 11.2 Å². The van der Waals surface area contributed by atoms with Crippen molar-refractivity contribution in [1.29, 1.82) is 0 Å². The largest absolute Gasteiger partial charge is 0.326 e. The maximum Gasteiger partial charge on any atom is 0.326 e. The predicted molar refractivity (Wildman–Crippen MR) is 60.5 cm³/mol. The van der Waals surface area contributed by atoms with Crippen LogP contribution < -0.4 is 10.6 Å². The molecule has 1 rings (SSSR count). The number of imide groups is 1. The molecule has 0 radical (unpaired) electrons. The lowest BCUT2D eigenvalue weighted by Gasteiger charge is -2.04. The molecule has 3 amide bonds. The Morgan fingerprint density at radius 2 is 2.25 bits per heavy atom. The third-order valence-electron chi connectivity index (χ3n) is 1.76. The maximum absolute atomic E-state index is 11.2. The van der Waals surface area contributed by atoms with Gasteiger partial charge in [-0.25, -0.2) is 4.79 Å². The molecule has 0 aromatic carbocycles. The molecule has 16 heavy (non-hydrogen) atoms. The zero-order chi connectivity index (χ0) is 12.1. The Labute approximate surface area is 98.0 Å². The van der Waals surface area contributed by atoms with Crippen molar-refractivity contribution in [3.05, 3.63) is 12.4 Å². The molecule has 88 valence electrons. The lowest BCUT2D eigenvalue weighted by atomic mass is 10.4. The quantitative estimate of drug-likeness (QED) is 0.788. The average molecular weight is 245 g/mol. The van der Waals surface area contributed by atoms with E-state index in [-0.39, 0.29) is 11.9 Å². The molecule has 1 aromatic heterocycles. The normalized spacial score (nSPS) is 10.2. The number of carbonyl (C=O) groups excluding carboxylic acids is 2. The number of nitrogens with one attached hydrogen (secondary N) is 2. The molecule has 0 unspecified atom stereocenters. The smallest absolute Gasteiger partial charge is 0.305 e. The van der Waals surface area contributed by atoms with Crippen molar-refractivity contribution in [1.82, 2.24) is 15.1 Å². The highest BCUT2D eigenvalue weighted by atomic mass is 35.5. The second-order valence-corrected chi connectivity index (χ2v) is 3.71. The standard InChI is InChI=1S/C9H13ClN4O2/c1-6(2)14-5-7(4-11-14)12-9(16)13-8(15)3-10/h4-6H,3H2,1-2H3,(H2,12,13,15,16). The SMILES string of the molecule is CC(C)n1cc(NC(=O)NC(=O)CCl)cn1. The number of urea groups is 1. The van der Waals surface area contributed by atoms with E-state index in [1.54, 1.807) is 10.9 Å². The van der Waals surface area contributed by atoms with Gasteiger partial charge >= 0.3 is 6.03 Å². The number of nitrogens with zero attached hydrogens (tertiary/aromatic N) is 2. The van der Waals surface area contributed by atoms with Crippen molar-refractivity contribution >= 4 is 29.2 Å². The second kappa shape index (κ2) is 5.50. The lowest BCUT2D eigenvalue weighted by Crippen LogP contribution is -2.34. The van der Waals surface area contributed by atoms with Gasteiger partial charge in [0, 0.05) is 12.2 Å². The minimum atomic E-state index is -0.617. The molecule has 1 heterocycles. The molecule has 0 aliphatic carbocycles. The van der Waals surface area contributed by atoms with Crippen LogP contribution in [0, 0.1) is 0 Å². The number of hydrogen-bond donors (Lipinski definition) is 2. The van der Waals surface area contributed by atoms with Gasteiger partial charge in [0.2, 0.25) is 5.91 Å². The van der Waals surface area contributed by atoms with Gasteiger partial charge in [0.25, 0.3) is 0 Å². The minimum absolute atomic E-state index is 0.211. The molecular weight excluding hydrogens is 232 g/mol. The Hall–Kier alpha value is -1.56. The van der Waals surface area contributed by atoms with E-state index in [2.05, 4.69) is 15.7 Å². The number of rotatable bonds is 3. The number of amides is 3. The third-order valence-corrected chi connectivity index (χ3v) is 2.01. The molecule has 0 atom stereocenters. The van der Waals surface area contributed by atoms with Crippen LogP contribution in [-0.4, -0.2) is 27.6 Å². The summed E-state index contributed by atoms with van der Waals surface area (Å²) in [7, 11) is 0. The van der Waals surface area contributed by atoms with E-state index in [4.69, 9.17) is 11.6 Å². The number of halogens is 1. The van der Waals surface area contributed by atoms with Gasteiger partial charge in [0.15, 0.2) is 0 Å². The first-order valence-corrected chi connectivity index (χ1v) is 5.27. The van der Waals surface area contributed by atoms with Crippen LogP contribution in [0.3, 0.4) is 0 Å². The topological polar surface area (TPSA) is 76.0 Å². The molecule has 0 aliphatic rings. The lowest BCUT2D eigenvalue weighted by molar-refractivity contribution is -0.117. The molecule has 0 spiro atoms. The van der Waals surface area contributed by atoms with Gasteiger partial charge in [0.1, 0.15) is 5.88 Å². The fraction of sp³-hybridized carbons (Fsp3) is 0.444. The Morgan fingerprint density at radius 1 is 1.56 bits per heavy atom. The van der Waals surface area contributed by atoms with Gasteiger partial charge in [-0.2, -0.15) is 5.10 Å². The summed E-state index contributed by atoms with van der Waals surface area (Å²) >= 11 is 5.24. The van der Waals surface area contributed by atoms with Crippen molar-refractivity contribution in [2.45, 2.75) is 19.9 Å². The van der Waals surface area contributed by atoms with E-state index in [0.717, 1.165) is 0 Å². The fourth-order valence-corrected chi connectivity index (χ4v) is 1.07. The average Bonchev–Trinajstić information content (AvgIpc) is 2.65. The van der Waals surface area contributed by atoms with Gasteiger partial charge in [-0.1, -0.05) is 0 Å². The fourth-order valence-electron chi connectivity index (χ4n) is 1.01. The van der Waals surface area contributed by atoms with Gasteiger partial charge in [-0.15, -0.1) is 11.6 Å². The minimum Gasteiger partial charge on any atom is -0.305 e. The first-order valence-electron chi connectivity index (χ1n) is 4.74. The van der Waals surface area contributed by atoms with Crippen LogP contribution in [0.4, 0.5) is 10.5 Å². The summed E-state index contributed by atoms with van der Waals surface area (Å²) in [5.74, 6) is -0.797. The summed E-state index contributed by atoms with van der Waals surface area (Å²) in [5, 5.41) is 8.56. The zero-order valence-electron chi connectivity index (χ0n) is 9.03. The molecule has 1 aromatic rings. The number of carbonyl (C=O) groups is 2. The first-order chi connectivity index (χ1) is 7.52. The number of aromatic nitrogens is 2. The Kier molecular flexibility index (Phi) is 4.30. The highest BCUT2D eigenvalue weighted by Gasteiger charge is 2.08. The predicted octanol–water partition coefficient (Wildman–Crippen LogP) is 1.35. The molecule has 0 bridgehead atoms. The van der Waals surface area contributed by atoms with Crippen LogP contribution in [0.2, 0.25) is 0 Å². The van der Waals surface area contributed by atoms with Crippen LogP contribution in [-0.2, 0) is 4.79 Å². The number of hydrogen-bond acceptors (Lipinski definition) is 3. The summed E-state index contributed by atoms with van der Waals surface area (Å²) in [6.45, 7) is 3.93. The number of anilines is 1. The van der Waals surface area contributed by atoms with E-state index in [9.17, 15) is 9.59 Å². The molecule has 7 heteroatoms. The molecule has 0 saturated heterocycles. The Bertz CT molecular complexity index is 389. The highest BCUT2D eigenvalue weighted by molar-refractivity contribution is 6.28. The second-order valence-electron chi connectivity index (χ2n) is 3.44. The molecule has 6 nitrogen and oxygen atoms in total. The Balaban J connectivity index is 2.53. The van der Waals surface area contributed by atoms with Gasteiger partial charge in [0.05, 0.1) is 11.9 Å². The Morgan fingerprint density at radius 3 is 2.75 bits per heavy atom. The van der Waals surface area contributed by atoms with Crippen LogP contribution in [0.5, 0.6) is 0 Å². The van der Waals surface area contributed by atoms with E-state index < -0.39 is 11.9 Å². The van der Waals surface area contributed by atoms with Gasteiger partial charge < -0.3 is 5.32 Å². The van der Waals surface area contributed by atoms with Crippen molar-refractivity contribution in [2.24, 2.45) is 0 Å². The van der Waals surface area contributed by atoms with E-state index in [0.29, 0.717) is 5.69 Å². The molecule has 2 N–H and O–H groups in total. The monoisotopic (exact) mass is 244 g/mol. The van der Waals surface area contributed by atoms with Gasteiger partial charge in [-0.05, 0) is 13.8 Å². The van der Waals surface area contributed by atoms with Crippen LogP contribution in [0.25, 0.3) is 0 Å². The third kappa shape index (κ3) is 3.54. The van der Waals surface area contributed by atoms with Crippen LogP contribution >= 0.6 is 11.6 Å². The van der Waals surface area contributed by atoms with Crippen molar-refractivity contribution in [3.8, 4) is 0 Å². The molecule has 0 saturated carbocycles. The van der Waals surface area contributed by atoms with E-state index in [1.807, 2.05) is 13.8 Å². The highest BCUT2D eigenvalue weighted by Crippen LogP contribution is 2.09. The molecular formula is C9H13ClN4O2. The summed E-state index contributed by atoms with van der Waals surface area (Å²) in [6, 6.07) is -0.406. The molecule has 0 fully saturated rings. The van der Waals surface area contributed by atoms with E-state index in [1.165, 1.54) is 6.20 Å². The first kappa shape index (κ1) is 12.5. The van der Waals surface area contributed by atoms with Crippen molar-refractivity contribution in [3.63, 3.8) is 0 Å². The van der Waals surface area contributed by atoms with Crippen LogP contribution in [0.15, 0.2) is 12.4 Å². The zero-order valence-corrected chi connectivity index (χ0v) is 9.78. The van der Waals surface area contributed by atoms with E-state index >= 15 is 0 Å². The summed E-state index contributed by atoms with van der Waals surface area (Å²) in [4.78, 5) is 22.0. The summed E-state index contributed by atoms with van der Waals surface area (Å²) in [6.07, 6.45) is 3.18.